The van der Waals surface area contributed by atoms with Crippen LogP contribution in [0.2, 0.25) is 0 Å². The predicted molar refractivity (Wildman–Crippen MR) is 135 cm³/mol. The minimum Gasteiger partial charge on any atom is -0.456 e. The lowest BCUT2D eigenvalue weighted by Crippen LogP contribution is -2.24. The zero-order valence-electron chi connectivity index (χ0n) is 19.6. The van der Waals surface area contributed by atoms with Gasteiger partial charge in [-0.2, -0.15) is 8.42 Å². The van der Waals surface area contributed by atoms with Crippen LogP contribution in [0, 0.1) is 0 Å². The van der Waals surface area contributed by atoms with E-state index in [0.717, 1.165) is 24.8 Å². The van der Waals surface area contributed by atoms with Crippen molar-refractivity contribution in [2.75, 3.05) is 25.0 Å². The summed E-state index contributed by atoms with van der Waals surface area (Å²) in [6, 6.07) is 14.6. The number of sulfonamides is 1. The van der Waals surface area contributed by atoms with Crippen molar-refractivity contribution in [2.24, 2.45) is 0 Å². The Bertz CT molecular complexity index is 1640. The Morgan fingerprint density at radius 2 is 1.60 bits per heavy atom. The fourth-order valence-corrected chi connectivity index (χ4v) is 5.76. The molecule has 2 N–H and O–H groups in total. The monoisotopic (exact) mass is 514 g/mol. The maximum atomic E-state index is 12.4. The number of ether oxygens (including phenoxy) is 1. The number of nitrogens with zero attached hydrogens (tertiary/aromatic N) is 1. The summed E-state index contributed by atoms with van der Waals surface area (Å²) in [5.41, 5.74) is 2.20. The van der Waals surface area contributed by atoms with E-state index in [4.69, 9.17) is 4.74 Å². The number of hydrogen-bond acceptors (Lipinski definition) is 6. The number of rotatable bonds is 7. The third-order valence-electron chi connectivity index (χ3n) is 5.98. The van der Waals surface area contributed by atoms with E-state index in [0.29, 0.717) is 33.1 Å². The molecule has 1 heterocycles. The first-order valence-corrected chi connectivity index (χ1v) is 13.9. The molecule has 0 atom stereocenters. The molecule has 0 amide bonds. The summed E-state index contributed by atoms with van der Waals surface area (Å²) in [4.78, 5) is 1.35. The Hall–Kier alpha value is -3.18. The van der Waals surface area contributed by atoms with Crippen LogP contribution in [-0.4, -0.2) is 41.5 Å². The summed E-state index contributed by atoms with van der Waals surface area (Å²) in [6.45, 7) is 9.63. The van der Waals surface area contributed by atoms with Gasteiger partial charge in [-0.3, -0.25) is 4.55 Å². The van der Waals surface area contributed by atoms with Gasteiger partial charge in [0.15, 0.2) is 0 Å². The molecule has 0 aliphatic carbocycles. The number of fused-ring (bicyclic) bond motifs is 2. The van der Waals surface area contributed by atoms with Crippen LogP contribution in [0.4, 0.5) is 5.69 Å². The van der Waals surface area contributed by atoms with E-state index in [9.17, 15) is 21.4 Å². The summed E-state index contributed by atoms with van der Waals surface area (Å²) < 4.78 is 68.0. The van der Waals surface area contributed by atoms with Gasteiger partial charge < -0.3 is 9.64 Å². The Morgan fingerprint density at radius 1 is 0.914 bits per heavy atom. The van der Waals surface area contributed by atoms with Gasteiger partial charge >= 0.3 is 0 Å². The van der Waals surface area contributed by atoms with Crippen molar-refractivity contribution in [1.82, 2.24) is 4.72 Å². The summed E-state index contributed by atoms with van der Waals surface area (Å²) in [5.74, 6) is 0.987. The van der Waals surface area contributed by atoms with Crippen LogP contribution in [0.3, 0.4) is 0 Å². The van der Waals surface area contributed by atoms with Gasteiger partial charge in [0.05, 0.1) is 4.90 Å². The summed E-state index contributed by atoms with van der Waals surface area (Å²) >= 11 is 0. The van der Waals surface area contributed by atoms with Crippen molar-refractivity contribution in [2.45, 2.75) is 23.6 Å². The van der Waals surface area contributed by atoms with Gasteiger partial charge in [0.2, 0.25) is 10.0 Å². The average Bonchev–Trinajstić information content (AvgIpc) is 2.82. The third kappa shape index (κ3) is 4.57. The normalized spacial score (nSPS) is 13.1. The highest BCUT2D eigenvalue weighted by molar-refractivity contribution is 7.89. The van der Waals surface area contributed by atoms with E-state index < -0.39 is 25.0 Å². The molecule has 0 saturated carbocycles. The van der Waals surface area contributed by atoms with Crippen LogP contribution >= 0.6 is 0 Å². The second kappa shape index (κ2) is 9.12. The SMILES string of the molecule is C=c1ccc2c(c1)Oc1cc(N(CC)CC)ccc1C=2c1ccc(S(=O)(=O)NC)cc1S(=O)(=O)O. The van der Waals surface area contributed by atoms with Crippen LogP contribution in [0.1, 0.15) is 25.0 Å². The molecular formula is C25H26N2O6S2. The van der Waals surface area contributed by atoms with Gasteiger partial charge in [-0.25, -0.2) is 13.1 Å². The smallest absolute Gasteiger partial charge is 0.295 e. The fourth-order valence-electron chi connectivity index (χ4n) is 4.21. The third-order valence-corrected chi connectivity index (χ3v) is 8.28. The molecule has 0 fully saturated rings. The Labute approximate surface area is 205 Å². The van der Waals surface area contributed by atoms with Crippen LogP contribution < -0.4 is 24.8 Å². The second-order valence-electron chi connectivity index (χ2n) is 8.00. The Balaban J connectivity index is 2.09. The van der Waals surface area contributed by atoms with Gasteiger partial charge in [-0.15, -0.1) is 0 Å². The van der Waals surface area contributed by atoms with Crippen molar-refractivity contribution in [3.63, 3.8) is 0 Å². The molecule has 0 spiro atoms. The Morgan fingerprint density at radius 3 is 2.23 bits per heavy atom. The molecule has 184 valence electrons. The van der Waals surface area contributed by atoms with Gasteiger partial charge in [-0.1, -0.05) is 24.8 Å². The van der Waals surface area contributed by atoms with E-state index in [1.165, 1.54) is 19.2 Å². The molecule has 4 rings (SSSR count). The minimum atomic E-state index is -4.79. The minimum absolute atomic E-state index is 0.153. The van der Waals surface area contributed by atoms with Crippen molar-refractivity contribution in [3.8, 4) is 11.5 Å². The highest BCUT2D eigenvalue weighted by Crippen LogP contribution is 2.40. The van der Waals surface area contributed by atoms with Gasteiger partial charge in [0.1, 0.15) is 16.4 Å². The van der Waals surface area contributed by atoms with E-state index in [-0.39, 0.29) is 10.5 Å². The maximum Gasteiger partial charge on any atom is 0.295 e. The van der Waals surface area contributed by atoms with E-state index in [1.54, 1.807) is 18.2 Å². The molecule has 35 heavy (non-hydrogen) atoms. The summed E-state index contributed by atoms with van der Waals surface area (Å²) in [7, 11) is -7.52. The number of anilines is 1. The lowest BCUT2D eigenvalue weighted by Gasteiger charge is -2.26. The Kier molecular flexibility index (Phi) is 6.50. The molecule has 1 aliphatic heterocycles. The number of hydrogen-bond donors (Lipinski definition) is 2. The summed E-state index contributed by atoms with van der Waals surface area (Å²) in [5, 5.41) is 1.30. The molecule has 0 saturated heterocycles. The van der Waals surface area contributed by atoms with Gasteiger partial charge in [0.25, 0.3) is 10.1 Å². The largest absolute Gasteiger partial charge is 0.456 e. The van der Waals surface area contributed by atoms with Crippen LogP contribution in [0.25, 0.3) is 12.2 Å². The second-order valence-corrected chi connectivity index (χ2v) is 11.3. The van der Waals surface area contributed by atoms with Crippen molar-refractivity contribution in [3.05, 3.63) is 76.2 Å². The fraction of sp³-hybridized carbons (Fsp3) is 0.200. The summed E-state index contributed by atoms with van der Waals surface area (Å²) in [6.07, 6.45) is 0. The number of nitrogens with one attached hydrogen (secondary N) is 1. The molecule has 8 nitrogen and oxygen atoms in total. The molecule has 0 radical (unpaired) electrons. The zero-order chi connectivity index (χ0) is 25.5. The van der Waals surface area contributed by atoms with Crippen LogP contribution in [-0.2, 0) is 20.1 Å². The molecule has 3 aromatic carbocycles. The van der Waals surface area contributed by atoms with Gasteiger partial charge in [-0.05, 0) is 56.4 Å². The molecule has 10 heteroatoms. The highest BCUT2D eigenvalue weighted by atomic mass is 32.2. The molecule has 0 aromatic heterocycles. The molecule has 0 bridgehead atoms. The average molecular weight is 515 g/mol. The quantitative estimate of drug-likeness (QED) is 0.364. The molecule has 0 unspecified atom stereocenters. The lowest BCUT2D eigenvalue weighted by molar-refractivity contribution is 0.471. The van der Waals surface area contributed by atoms with Crippen LogP contribution in [0.5, 0.6) is 11.5 Å². The molecule has 1 aliphatic rings. The van der Waals surface area contributed by atoms with E-state index >= 15 is 0 Å². The van der Waals surface area contributed by atoms with E-state index in [2.05, 4.69) is 16.2 Å². The van der Waals surface area contributed by atoms with Crippen LogP contribution in [0.15, 0.2) is 64.4 Å². The molecule has 3 aromatic rings. The molecular weight excluding hydrogens is 488 g/mol. The van der Waals surface area contributed by atoms with Crippen molar-refractivity contribution in [1.29, 1.82) is 0 Å². The zero-order valence-corrected chi connectivity index (χ0v) is 21.2. The topological polar surface area (TPSA) is 113 Å². The number of benzene rings is 3. The predicted octanol–water partition coefficient (Wildman–Crippen LogP) is 2.45. The van der Waals surface area contributed by atoms with Crippen molar-refractivity contribution < 1.29 is 26.1 Å². The lowest BCUT2D eigenvalue weighted by atomic mass is 9.92. The first-order valence-electron chi connectivity index (χ1n) is 11.0. The first-order chi connectivity index (χ1) is 16.5. The van der Waals surface area contributed by atoms with E-state index in [1.807, 2.05) is 32.0 Å². The maximum absolute atomic E-state index is 12.4. The highest BCUT2D eigenvalue weighted by Gasteiger charge is 2.28. The first kappa shape index (κ1) is 24.9. The van der Waals surface area contributed by atoms with Gasteiger partial charge in [0, 0.05) is 46.8 Å². The standard InChI is InChI=1S/C25H26N2O6S2/c1-5-27(6-2)17-8-11-20-23(14-17)33-22-13-16(3)7-10-19(22)25(20)21-12-9-18(34(28,29)26-4)15-24(21)35(30,31)32/h7-15,26H,3,5-6H2,1-2,4H3,(H,30,31,32). The van der Waals surface area contributed by atoms with Crippen molar-refractivity contribution >= 4 is 38.0 Å².